The second-order valence-corrected chi connectivity index (χ2v) is 9.94. The number of carbonyl (C=O) groups excluding carboxylic acids is 1. The zero-order chi connectivity index (χ0) is 19.8. The summed E-state index contributed by atoms with van der Waals surface area (Å²) in [6.07, 6.45) is 13.1. The molecule has 1 heterocycles. The summed E-state index contributed by atoms with van der Waals surface area (Å²) >= 11 is 0. The highest BCUT2D eigenvalue weighted by Gasteiger charge is 2.55. The van der Waals surface area contributed by atoms with Crippen LogP contribution in [0.5, 0.6) is 0 Å². The van der Waals surface area contributed by atoms with Crippen LogP contribution in [0.25, 0.3) is 6.08 Å². The van der Waals surface area contributed by atoms with Gasteiger partial charge in [0.15, 0.2) is 0 Å². The van der Waals surface area contributed by atoms with Crippen molar-refractivity contribution in [2.24, 2.45) is 28.3 Å². The molecule has 154 valence electrons. The van der Waals surface area contributed by atoms with Gasteiger partial charge in [-0.3, -0.25) is 10.2 Å². The number of benzene rings is 1. The van der Waals surface area contributed by atoms with E-state index in [9.17, 15) is 4.79 Å². The number of rotatable bonds is 5. The average molecular weight is 393 g/mol. The molecule has 5 heteroatoms. The van der Waals surface area contributed by atoms with Crippen LogP contribution in [0, 0.1) is 23.2 Å². The summed E-state index contributed by atoms with van der Waals surface area (Å²) in [7, 11) is 0. The van der Waals surface area contributed by atoms with Gasteiger partial charge in [0.05, 0.1) is 6.21 Å². The maximum absolute atomic E-state index is 12.6. The first kappa shape index (κ1) is 19.0. The molecule has 1 aromatic rings. The minimum atomic E-state index is -0.205. The third-order valence-corrected chi connectivity index (χ3v) is 7.68. The van der Waals surface area contributed by atoms with Gasteiger partial charge in [0.25, 0.3) is 5.91 Å². The van der Waals surface area contributed by atoms with Crippen LogP contribution in [0.2, 0.25) is 0 Å². The average Bonchev–Trinajstić information content (AvgIpc) is 3.19. The normalized spacial score (nSPS) is 38.7. The first-order valence-corrected chi connectivity index (χ1v) is 11.2. The van der Waals surface area contributed by atoms with Gasteiger partial charge in [0.2, 0.25) is 0 Å². The van der Waals surface area contributed by atoms with Crippen molar-refractivity contribution in [3.8, 4) is 0 Å². The van der Waals surface area contributed by atoms with E-state index in [2.05, 4.69) is 33.5 Å². The van der Waals surface area contributed by atoms with Crippen molar-refractivity contribution in [3.63, 3.8) is 0 Å². The standard InChI is InChI=1S/C24H32N4O/c1-16(7-17-5-3-2-4-6-17)15-25-28-23(29)21-11-22(27-26-21)24-12-18-8-19(13-24)10-20(9-18)14-24/h2-7,15,18-22,26-27H,8-14H2,1H3,(H,28,29)/b16-7+,25-15+. The summed E-state index contributed by atoms with van der Waals surface area (Å²) < 4.78 is 0. The van der Waals surface area contributed by atoms with Gasteiger partial charge in [-0.1, -0.05) is 36.4 Å². The van der Waals surface area contributed by atoms with Gasteiger partial charge in [-0.05, 0) is 86.2 Å². The Balaban J connectivity index is 1.16. The molecule has 1 amide bonds. The molecule has 1 aliphatic heterocycles. The van der Waals surface area contributed by atoms with E-state index >= 15 is 0 Å². The molecule has 3 N–H and O–H groups in total. The van der Waals surface area contributed by atoms with Gasteiger partial charge >= 0.3 is 0 Å². The Morgan fingerprint density at radius 3 is 2.34 bits per heavy atom. The lowest BCUT2D eigenvalue weighted by atomic mass is 9.47. The van der Waals surface area contributed by atoms with Gasteiger partial charge in [-0.15, -0.1) is 0 Å². The largest absolute Gasteiger partial charge is 0.271 e. The number of hydrogen-bond acceptors (Lipinski definition) is 4. The Morgan fingerprint density at radius 1 is 1.03 bits per heavy atom. The highest BCUT2D eigenvalue weighted by molar-refractivity contribution is 5.87. The number of carbonyl (C=O) groups is 1. The molecule has 5 fully saturated rings. The number of hydrazine groups is 1. The molecule has 4 saturated carbocycles. The van der Waals surface area contributed by atoms with Crippen LogP contribution in [0.15, 0.2) is 41.0 Å². The van der Waals surface area contributed by atoms with Gasteiger partial charge in [0, 0.05) is 6.04 Å². The third kappa shape index (κ3) is 3.90. The minimum absolute atomic E-state index is 0.0477. The number of allylic oxidation sites excluding steroid dienone is 1. The minimum Gasteiger partial charge on any atom is -0.271 e. The topological polar surface area (TPSA) is 65.5 Å². The zero-order valence-electron chi connectivity index (χ0n) is 17.2. The first-order valence-electron chi connectivity index (χ1n) is 11.2. The highest BCUT2D eigenvalue weighted by atomic mass is 16.2. The third-order valence-electron chi connectivity index (χ3n) is 7.68. The van der Waals surface area contributed by atoms with Crippen LogP contribution < -0.4 is 16.3 Å². The number of nitrogens with zero attached hydrogens (tertiary/aromatic N) is 1. The van der Waals surface area contributed by atoms with E-state index < -0.39 is 0 Å². The van der Waals surface area contributed by atoms with E-state index in [1.807, 2.05) is 31.2 Å². The maximum atomic E-state index is 12.6. The Bertz CT molecular complexity index is 780. The molecular weight excluding hydrogens is 360 g/mol. The first-order chi connectivity index (χ1) is 14.1. The van der Waals surface area contributed by atoms with Crippen LogP contribution in [-0.2, 0) is 4.79 Å². The molecule has 1 saturated heterocycles. The van der Waals surface area contributed by atoms with Gasteiger partial charge in [-0.2, -0.15) is 5.10 Å². The van der Waals surface area contributed by atoms with Crippen molar-refractivity contribution in [2.75, 3.05) is 0 Å². The summed E-state index contributed by atoms with van der Waals surface area (Å²) in [5.74, 6) is 2.74. The molecule has 0 radical (unpaired) electrons. The lowest BCUT2D eigenvalue weighted by molar-refractivity contribution is -0.123. The van der Waals surface area contributed by atoms with E-state index in [-0.39, 0.29) is 11.9 Å². The number of hydrazone groups is 1. The molecule has 29 heavy (non-hydrogen) atoms. The van der Waals surface area contributed by atoms with E-state index in [1.165, 1.54) is 38.5 Å². The van der Waals surface area contributed by atoms with Crippen LogP contribution in [0.3, 0.4) is 0 Å². The number of amides is 1. The van der Waals surface area contributed by atoms with Crippen molar-refractivity contribution in [1.29, 1.82) is 0 Å². The molecule has 6 rings (SSSR count). The molecule has 5 nitrogen and oxygen atoms in total. The van der Waals surface area contributed by atoms with Crippen molar-refractivity contribution in [1.82, 2.24) is 16.3 Å². The lowest BCUT2D eigenvalue weighted by Crippen LogP contribution is -2.55. The Morgan fingerprint density at radius 2 is 1.69 bits per heavy atom. The molecule has 5 aliphatic rings. The number of nitrogens with one attached hydrogen (secondary N) is 3. The summed E-state index contributed by atoms with van der Waals surface area (Å²) in [6.45, 7) is 1.99. The van der Waals surface area contributed by atoms with Crippen LogP contribution >= 0.6 is 0 Å². The SMILES string of the molecule is CC(/C=N/NC(=O)C1CC(C23CC4CC(CC(C4)C2)C3)NN1)=C\c1ccccc1. The monoisotopic (exact) mass is 392 g/mol. The lowest BCUT2D eigenvalue weighted by Gasteiger charge is -2.59. The fourth-order valence-corrected chi connectivity index (χ4v) is 6.86. The summed E-state index contributed by atoms with van der Waals surface area (Å²) in [5.41, 5.74) is 12.0. The second-order valence-electron chi connectivity index (χ2n) is 9.94. The molecule has 2 atom stereocenters. The summed E-state index contributed by atoms with van der Waals surface area (Å²) in [5, 5.41) is 4.17. The van der Waals surface area contributed by atoms with Gasteiger partial charge < -0.3 is 0 Å². The fraction of sp³-hybridized carbons (Fsp3) is 0.583. The van der Waals surface area contributed by atoms with Gasteiger partial charge in [0.1, 0.15) is 6.04 Å². The Kier molecular flexibility index (Phi) is 5.04. The van der Waals surface area contributed by atoms with Gasteiger partial charge in [-0.25, -0.2) is 10.9 Å². The highest BCUT2D eigenvalue weighted by Crippen LogP contribution is 2.61. The predicted octanol–water partition coefficient (Wildman–Crippen LogP) is 3.64. The zero-order valence-corrected chi connectivity index (χ0v) is 17.2. The summed E-state index contributed by atoms with van der Waals surface area (Å²) in [4.78, 5) is 12.6. The van der Waals surface area contributed by atoms with Crippen molar-refractivity contribution >= 4 is 18.2 Å². The van der Waals surface area contributed by atoms with Crippen molar-refractivity contribution < 1.29 is 4.79 Å². The van der Waals surface area contributed by atoms with Crippen LogP contribution in [-0.4, -0.2) is 24.2 Å². The second kappa shape index (κ2) is 7.69. The predicted molar refractivity (Wildman–Crippen MR) is 116 cm³/mol. The molecule has 2 unspecified atom stereocenters. The quantitative estimate of drug-likeness (QED) is 0.529. The molecule has 4 aliphatic carbocycles. The molecule has 0 spiro atoms. The molecular formula is C24H32N4O. The molecule has 0 aromatic heterocycles. The van der Waals surface area contributed by atoms with Crippen molar-refractivity contribution in [2.45, 2.75) is 64.0 Å². The van der Waals surface area contributed by atoms with Crippen LogP contribution in [0.1, 0.15) is 57.4 Å². The maximum Gasteiger partial charge on any atom is 0.258 e. The van der Waals surface area contributed by atoms with E-state index in [4.69, 9.17) is 0 Å². The molecule has 4 bridgehead atoms. The van der Waals surface area contributed by atoms with E-state index in [0.717, 1.165) is 35.3 Å². The fourth-order valence-electron chi connectivity index (χ4n) is 6.86. The Hall–Kier alpha value is -1.98. The Labute approximate surface area is 173 Å². The molecule has 1 aromatic carbocycles. The van der Waals surface area contributed by atoms with E-state index in [0.29, 0.717) is 11.5 Å². The smallest absolute Gasteiger partial charge is 0.258 e. The number of hydrogen-bond donors (Lipinski definition) is 3. The van der Waals surface area contributed by atoms with Crippen LogP contribution in [0.4, 0.5) is 0 Å². The van der Waals surface area contributed by atoms with Crippen molar-refractivity contribution in [3.05, 3.63) is 41.5 Å². The van der Waals surface area contributed by atoms with E-state index in [1.54, 1.807) is 6.21 Å². The summed E-state index contributed by atoms with van der Waals surface area (Å²) in [6, 6.07) is 10.3.